The van der Waals surface area contributed by atoms with Gasteiger partial charge in [-0.05, 0) is 30.0 Å². The third kappa shape index (κ3) is 1.45. The standard InChI is InChI=1S/C11H13NO2/c1-7-4-5-14-10-6-8(11(12)13)2-3-9(7)10/h2-3,6-7H,4-5H2,1H3,(H2,12,13). The highest BCUT2D eigenvalue weighted by atomic mass is 16.5. The predicted molar refractivity (Wildman–Crippen MR) is 53.5 cm³/mol. The minimum Gasteiger partial charge on any atom is -0.493 e. The molecule has 1 unspecified atom stereocenters. The lowest BCUT2D eigenvalue weighted by molar-refractivity contribution is 0.0999. The van der Waals surface area contributed by atoms with Gasteiger partial charge in [0, 0.05) is 5.56 Å². The number of nitrogens with two attached hydrogens (primary N) is 1. The summed E-state index contributed by atoms with van der Waals surface area (Å²) in [6, 6.07) is 5.42. The molecule has 1 aliphatic rings. The van der Waals surface area contributed by atoms with Gasteiger partial charge in [0.1, 0.15) is 5.75 Å². The van der Waals surface area contributed by atoms with Gasteiger partial charge in [0.05, 0.1) is 6.61 Å². The average Bonchev–Trinajstić information content (AvgIpc) is 2.17. The molecule has 0 saturated carbocycles. The molecule has 0 spiro atoms. The molecule has 0 bridgehead atoms. The van der Waals surface area contributed by atoms with Gasteiger partial charge >= 0.3 is 0 Å². The minimum atomic E-state index is -0.408. The summed E-state index contributed by atoms with van der Waals surface area (Å²) >= 11 is 0. The summed E-state index contributed by atoms with van der Waals surface area (Å²) in [4.78, 5) is 10.9. The van der Waals surface area contributed by atoms with E-state index in [1.54, 1.807) is 12.1 Å². The van der Waals surface area contributed by atoms with E-state index in [4.69, 9.17) is 10.5 Å². The molecule has 14 heavy (non-hydrogen) atoms. The second-order valence-corrected chi connectivity index (χ2v) is 3.66. The molecule has 0 saturated heterocycles. The maximum atomic E-state index is 10.9. The molecular formula is C11H13NO2. The fraction of sp³-hybridized carbons (Fsp3) is 0.364. The molecule has 2 rings (SSSR count). The molecule has 0 fully saturated rings. The first kappa shape index (κ1) is 9.06. The fourth-order valence-corrected chi connectivity index (χ4v) is 1.72. The Bertz CT molecular complexity index is 374. The van der Waals surface area contributed by atoms with Crippen LogP contribution in [0.1, 0.15) is 35.2 Å². The van der Waals surface area contributed by atoms with Crippen LogP contribution >= 0.6 is 0 Å². The van der Waals surface area contributed by atoms with E-state index in [-0.39, 0.29) is 0 Å². The molecule has 1 heterocycles. The fourth-order valence-electron chi connectivity index (χ4n) is 1.72. The van der Waals surface area contributed by atoms with Gasteiger partial charge in [0.25, 0.3) is 0 Å². The van der Waals surface area contributed by atoms with Crippen LogP contribution in [0.5, 0.6) is 5.75 Å². The number of carbonyl (C=O) groups is 1. The zero-order valence-electron chi connectivity index (χ0n) is 8.12. The molecule has 1 aromatic carbocycles. The van der Waals surface area contributed by atoms with Crippen molar-refractivity contribution in [2.45, 2.75) is 19.3 Å². The highest BCUT2D eigenvalue weighted by molar-refractivity contribution is 5.93. The molecular weight excluding hydrogens is 178 g/mol. The lowest BCUT2D eigenvalue weighted by Crippen LogP contribution is -2.15. The maximum Gasteiger partial charge on any atom is 0.248 e. The SMILES string of the molecule is CC1CCOc2cc(C(N)=O)ccc21. The molecule has 3 nitrogen and oxygen atoms in total. The van der Waals surface area contributed by atoms with Crippen molar-refractivity contribution in [1.82, 2.24) is 0 Å². The zero-order valence-corrected chi connectivity index (χ0v) is 8.12. The van der Waals surface area contributed by atoms with Crippen molar-refractivity contribution >= 4 is 5.91 Å². The minimum absolute atomic E-state index is 0.408. The van der Waals surface area contributed by atoms with Gasteiger partial charge in [0.2, 0.25) is 5.91 Å². The molecule has 0 aliphatic carbocycles. The highest BCUT2D eigenvalue weighted by Gasteiger charge is 2.18. The van der Waals surface area contributed by atoms with Crippen molar-refractivity contribution in [3.05, 3.63) is 29.3 Å². The van der Waals surface area contributed by atoms with Crippen LogP contribution in [0.4, 0.5) is 0 Å². The van der Waals surface area contributed by atoms with Gasteiger partial charge < -0.3 is 10.5 Å². The molecule has 0 aromatic heterocycles. The first-order valence-corrected chi connectivity index (χ1v) is 4.75. The van der Waals surface area contributed by atoms with E-state index in [0.717, 1.165) is 18.8 Å². The van der Waals surface area contributed by atoms with Crippen LogP contribution in [-0.2, 0) is 0 Å². The highest BCUT2D eigenvalue weighted by Crippen LogP contribution is 2.33. The number of primary amides is 1. The lowest BCUT2D eigenvalue weighted by atomic mass is 9.94. The van der Waals surface area contributed by atoms with E-state index < -0.39 is 5.91 Å². The van der Waals surface area contributed by atoms with E-state index >= 15 is 0 Å². The number of hydrogen-bond donors (Lipinski definition) is 1. The summed E-state index contributed by atoms with van der Waals surface area (Å²) in [6.07, 6.45) is 1.03. The molecule has 0 radical (unpaired) electrons. The van der Waals surface area contributed by atoms with E-state index in [0.29, 0.717) is 11.5 Å². The van der Waals surface area contributed by atoms with E-state index in [9.17, 15) is 4.79 Å². The number of benzene rings is 1. The van der Waals surface area contributed by atoms with E-state index in [1.165, 1.54) is 5.56 Å². The number of ether oxygens (including phenoxy) is 1. The monoisotopic (exact) mass is 191 g/mol. The Morgan fingerprint density at radius 1 is 1.57 bits per heavy atom. The number of rotatable bonds is 1. The third-order valence-electron chi connectivity index (χ3n) is 2.64. The summed E-state index contributed by atoms with van der Waals surface area (Å²) in [5.74, 6) is 0.898. The molecule has 1 aromatic rings. The van der Waals surface area contributed by atoms with Crippen LogP contribution < -0.4 is 10.5 Å². The van der Waals surface area contributed by atoms with Crippen LogP contribution in [-0.4, -0.2) is 12.5 Å². The summed E-state index contributed by atoms with van der Waals surface area (Å²) < 4.78 is 5.48. The first-order chi connectivity index (χ1) is 6.68. The normalized spacial score (nSPS) is 19.6. The third-order valence-corrected chi connectivity index (χ3v) is 2.64. The van der Waals surface area contributed by atoms with Crippen LogP contribution in [0, 0.1) is 0 Å². The Morgan fingerprint density at radius 3 is 3.07 bits per heavy atom. The van der Waals surface area contributed by atoms with Gasteiger partial charge in [-0.3, -0.25) is 4.79 Å². The zero-order chi connectivity index (χ0) is 10.1. The van der Waals surface area contributed by atoms with Crippen LogP contribution in [0.15, 0.2) is 18.2 Å². The molecule has 1 aliphatic heterocycles. The lowest BCUT2D eigenvalue weighted by Gasteiger charge is -2.23. The van der Waals surface area contributed by atoms with Crippen LogP contribution in [0.3, 0.4) is 0 Å². The number of carbonyl (C=O) groups excluding carboxylic acids is 1. The summed E-state index contributed by atoms with van der Waals surface area (Å²) in [5.41, 5.74) is 6.87. The Hall–Kier alpha value is -1.51. The predicted octanol–water partition coefficient (Wildman–Crippen LogP) is 1.67. The van der Waals surface area contributed by atoms with Crippen LogP contribution in [0.2, 0.25) is 0 Å². The van der Waals surface area contributed by atoms with Gasteiger partial charge in [-0.1, -0.05) is 13.0 Å². The number of amides is 1. The molecule has 1 atom stereocenters. The van der Waals surface area contributed by atoms with Gasteiger partial charge in [-0.2, -0.15) is 0 Å². The Morgan fingerprint density at radius 2 is 2.36 bits per heavy atom. The van der Waals surface area contributed by atoms with E-state index in [2.05, 4.69) is 6.92 Å². The summed E-state index contributed by atoms with van der Waals surface area (Å²) in [5, 5.41) is 0. The molecule has 2 N–H and O–H groups in total. The Kier molecular flexibility index (Phi) is 2.15. The summed E-state index contributed by atoms with van der Waals surface area (Å²) in [6.45, 7) is 2.88. The summed E-state index contributed by atoms with van der Waals surface area (Å²) in [7, 11) is 0. The topological polar surface area (TPSA) is 52.3 Å². The smallest absolute Gasteiger partial charge is 0.248 e. The van der Waals surface area contributed by atoms with E-state index in [1.807, 2.05) is 6.07 Å². The molecule has 74 valence electrons. The van der Waals surface area contributed by atoms with Crippen molar-refractivity contribution in [3.63, 3.8) is 0 Å². The van der Waals surface area contributed by atoms with Crippen molar-refractivity contribution in [1.29, 1.82) is 0 Å². The Balaban J connectivity index is 2.44. The number of fused-ring (bicyclic) bond motifs is 1. The van der Waals surface area contributed by atoms with Crippen molar-refractivity contribution in [2.75, 3.05) is 6.61 Å². The van der Waals surface area contributed by atoms with Crippen molar-refractivity contribution in [3.8, 4) is 5.75 Å². The average molecular weight is 191 g/mol. The molecule has 1 amide bonds. The number of hydrogen-bond acceptors (Lipinski definition) is 2. The van der Waals surface area contributed by atoms with Crippen molar-refractivity contribution in [2.24, 2.45) is 5.73 Å². The largest absolute Gasteiger partial charge is 0.493 e. The van der Waals surface area contributed by atoms with Crippen LogP contribution in [0.25, 0.3) is 0 Å². The van der Waals surface area contributed by atoms with Gasteiger partial charge in [-0.25, -0.2) is 0 Å². The molecule has 3 heteroatoms. The Labute approximate surface area is 82.9 Å². The van der Waals surface area contributed by atoms with Gasteiger partial charge in [0.15, 0.2) is 0 Å². The first-order valence-electron chi connectivity index (χ1n) is 4.75. The van der Waals surface area contributed by atoms with Crippen molar-refractivity contribution < 1.29 is 9.53 Å². The second-order valence-electron chi connectivity index (χ2n) is 3.66. The second kappa shape index (κ2) is 3.33. The van der Waals surface area contributed by atoms with Gasteiger partial charge in [-0.15, -0.1) is 0 Å². The maximum absolute atomic E-state index is 10.9. The quantitative estimate of drug-likeness (QED) is 0.734.